The summed E-state index contributed by atoms with van der Waals surface area (Å²) in [6.45, 7) is 9.32. The number of rotatable bonds is 4. The molecule has 1 saturated carbocycles. The van der Waals surface area contributed by atoms with E-state index >= 15 is 0 Å². The van der Waals surface area contributed by atoms with Crippen LogP contribution in [-0.4, -0.2) is 22.6 Å². The fourth-order valence-electron chi connectivity index (χ4n) is 2.60. The van der Waals surface area contributed by atoms with Gasteiger partial charge in [-0.2, -0.15) is 0 Å². The summed E-state index contributed by atoms with van der Waals surface area (Å²) in [4.78, 5) is 8.52. The third-order valence-corrected chi connectivity index (χ3v) is 4.00. The number of nitrogens with one attached hydrogen (secondary N) is 1. The van der Waals surface area contributed by atoms with Gasteiger partial charge < -0.3 is 10.1 Å². The summed E-state index contributed by atoms with van der Waals surface area (Å²) in [5.74, 6) is 1.61. The Balaban J connectivity index is 2.02. The Morgan fingerprint density at radius 3 is 2.63 bits per heavy atom. The molecule has 1 aromatic heterocycles. The second kappa shape index (κ2) is 5.76. The summed E-state index contributed by atoms with van der Waals surface area (Å²) < 4.78 is 5.51. The van der Waals surface area contributed by atoms with Crippen LogP contribution < -0.4 is 10.1 Å². The maximum absolute atomic E-state index is 5.51. The van der Waals surface area contributed by atoms with Gasteiger partial charge in [-0.3, -0.25) is 0 Å². The van der Waals surface area contributed by atoms with E-state index in [1.807, 2.05) is 13.8 Å². The molecule has 1 heterocycles. The van der Waals surface area contributed by atoms with E-state index in [1.165, 1.54) is 25.7 Å². The zero-order valence-electron chi connectivity index (χ0n) is 12.5. The standard InChI is InChI=1S/C15H25N3O/c1-5-19-14-11(2)13(16-10-17-14)18-12-6-8-15(3,4)9-7-12/h10,12H,5-9H2,1-4H3,(H,16,17,18). The molecule has 4 heteroatoms. The summed E-state index contributed by atoms with van der Waals surface area (Å²) in [5.41, 5.74) is 1.50. The topological polar surface area (TPSA) is 47.0 Å². The minimum atomic E-state index is 0.495. The van der Waals surface area contributed by atoms with E-state index in [0.29, 0.717) is 23.9 Å². The number of nitrogens with zero attached hydrogens (tertiary/aromatic N) is 2. The summed E-state index contributed by atoms with van der Waals surface area (Å²) in [7, 11) is 0. The number of anilines is 1. The highest BCUT2D eigenvalue weighted by atomic mass is 16.5. The summed E-state index contributed by atoms with van der Waals surface area (Å²) in [5, 5.41) is 3.55. The number of ether oxygens (including phenoxy) is 1. The van der Waals surface area contributed by atoms with Crippen molar-refractivity contribution in [2.24, 2.45) is 5.41 Å². The Kier molecular flexibility index (Phi) is 4.27. The first kappa shape index (κ1) is 14.1. The van der Waals surface area contributed by atoms with E-state index < -0.39 is 0 Å². The zero-order valence-corrected chi connectivity index (χ0v) is 12.5. The van der Waals surface area contributed by atoms with E-state index in [4.69, 9.17) is 4.74 Å². The van der Waals surface area contributed by atoms with Crippen molar-refractivity contribution in [3.63, 3.8) is 0 Å². The predicted octanol–water partition coefficient (Wildman–Crippen LogP) is 3.56. The minimum Gasteiger partial charge on any atom is -0.478 e. The Labute approximate surface area is 116 Å². The van der Waals surface area contributed by atoms with Crippen molar-refractivity contribution in [1.82, 2.24) is 9.97 Å². The third-order valence-electron chi connectivity index (χ3n) is 4.00. The molecule has 19 heavy (non-hydrogen) atoms. The molecule has 1 aromatic rings. The Hall–Kier alpha value is -1.32. The Morgan fingerprint density at radius 2 is 2.00 bits per heavy atom. The first-order valence-electron chi connectivity index (χ1n) is 7.23. The molecule has 0 radical (unpaired) electrons. The molecular weight excluding hydrogens is 238 g/mol. The van der Waals surface area contributed by atoms with Crippen LogP contribution in [0.2, 0.25) is 0 Å². The molecule has 0 spiro atoms. The van der Waals surface area contributed by atoms with Gasteiger partial charge in [0.15, 0.2) is 0 Å². The minimum absolute atomic E-state index is 0.495. The van der Waals surface area contributed by atoms with Crippen molar-refractivity contribution in [2.45, 2.75) is 59.4 Å². The molecule has 0 amide bonds. The molecule has 1 aliphatic carbocycles. The van der Waals surface area contributed by atoms with Crippen LogP contribution in [0.25, 0.3) is 0 Å². The van der Waals surface area contributed by atoms with Crippen LogP contribution in [0.5, 0.6) is 5.88 Å². The van der Waals surface area contributed by atoms with Gasteiger partial charge in [0.05, 0.1) is 12.2 Å². The highest BCUT2D eigenvalue weighted by molar-refractivity contribution is 5.48. The van der Waals surface area contributed by atoms with Gasteiger partial charge in [0.2, 0.25) is 5.88 Å². The summed E-state index contributed by atoms with van der Waals surface area (Å²) >= 11 is 0. The average molecular weight is 263 g/mol. The molecule has 106 valence electrons. The highest BCUT2D eigenvalue weighted by Gasteiger charge is 2.27. The van der Waals surface area contributed by atoms with Crippen molar-refractivity contribution in [1.29, 1.82) is 0 Å². The predicted molar refractivity (Wildman–Crippen MR) is 77.6 cm³/mol. The molecule has 0 unspecified atom stereocenters. The van der Waals surface area contributed by atoms with Gasteiger partial charge in [-0.25, -0.2) is 9.97 Å². The van der Waals surface area contributed by atoms with Gasteiger partial charge >= 0.3 is 0 Å². The second-order valence-electron chi connectivity index (χ2n) is 6.17. The van der Waals surface area contributed by atoms with Crippen LogP contribution in [0.4, 0.5) is 5.82 Å². The molecule has 1 fully saturated rings. The number of hydrogen-bond donors (Lipinski definition) is 1. The summed E-state index contributed by atoms with van der Waals surface area (Å²) in [6, 6.07) is 0.524. The van der Waals surface area contributed by atoms with Gasteiger partial charge in [0, 0.05) is 6.04 Å². The fourth-order valence-corrected chi connectivity index (χ4v) is 2.60. The third kappa shape index (κ3) is 3.58. The lowest BCUT2D eigenvalue weighted by molar-refractivity contribution is 0.232. The normalized spacial score (nSPS) is 19.2. The maximum Gasteiger partial charge on any atom is 0.221 e. The average Bonchev–Trinajstić information content (AvgIpc) is 2.37. The van der Waals surface area contributed by atoms with E-state index in [-0.39, 0.29) is 0 Å². The molecule has 1 N–H and O–H groups in total. The number of aromatic nitrogens is 2. The largest absolute Gasteiger partial charge is 0.478 e. The van der Waals surface area contributed by atoms with Gasteiger partial charge in [0.25, 0.3) is 0 Å². The SMILES string of the molecule is CCOc1ncnc(NC2CCC(C)(C)CC2)c1C. The van der Waals surface area contributed by atoms with E-state index in [0.717, 1.165) is 11.4 Å². The molecule has 0 bridgehead atoms. The zero-order chi connectivity index (χ0) is 13.9. The van der Waals surface area contributed by atoms with Crippen molar-refractivity contribution >= 4 is 5.82 Å². The number of hydrogen-bond acceptors (Lipinski definition) is 4. The first-order valence-corrected chi connectivity index (χ1v) is 7.23. The first-order chi connectivity index (χ1) is 9.02. The van der Waals surface area contributed by atoms with E-state index in [2.05, 4.69) is 29.1 Å². The van der Waals surface area contributed by atoms with Crippen LogP contribution in [0.15, 0.2) is 6.33 Å². The van der Waals surface area contributed by atoms with E-state index in [9.17, 15) is 0 Å². The van der Waals surface area contributed by atoms with Crippen LogP contribution in [-0.2, 0) is 0 Å². The lowest BCUT2D eigenvalue weighted by Crippen LogP contribution is -2.30. The van der Waals surface area contributed by atoms with Crippen molar-refractivity contribution in [3.8, 4) is 5.88 Å². The van der Waals surface area contributed by atoms with Gasteiger partial charge in [-0.05, 0) is 44.9 Å². The monoisotopic (exact) mass is 263 g/mol. The fraction of sp³-hybridized carbons (Fsp3) is 0.733. The Morgan fingerprint density at radius 1 is 1.32 bits per heavy atom. The molecule has 0 atom stereocenters. The van der Waals surface area contributed by atoms with Crippen LogP contribution in [0, 0.1) is 12.3 Å². The van der Waals surface area contributed by atoms with Crippen LogP contribution in [0.3, 0.4) is 0 Å². The molecule has 0 saturated heterocycles. The molecule has 0 aliphatic heterocycles. The molecule has 1 aliphatic rings. The van der Waals surface area contributed by atoms with Crippen molar-refractivity contribution < 1.29 is 4.74 Å². The smallest absolute Gasteiger partial charge is 0.221 e. The van der Waals surface area contributed by atoms with Gasteiger partial charge in [-0.1, -0.05) is 13.8 Å². The highest BCUT2D eigenvalue weighted by Crippen LogP contribution is 2.36. The van der Waals surface area contributed by atoms with Crippen molar-refractivity contribution in [2.75, 3.05) is 11.9 Å². The van der Waals surface area contributed by atoms with E-state index in [1.54, 1.807) is 6.33 Å². The van der Waals surface area contributed by atoms with Crippen LogP contribution >= 0.6 is 0 Å². The maximum atomic E-state index is 5.51. The Bertz CT molecular complexity index is 421. The molecule has 2 rings (SSSR count). The summed E-state index contributed by atoms with van der Waals surface area (Å²) in [6.07, 6.45) is 6.54. The molecule has 4 nitrogen and oxygen atoms in total. The van der Waals surface area contributed by atoms with Crippen LogP contribution in [0.1, 0.15) is 52.0 Å². The lowest BCUT2D eigenvalue weighted by atomic mass is 9.75. The van der Waals surface area contributed by atoms with Crippen molar-refractivity contribution in [3.05, 3.63) is 11.9 Å². The van der Waals surface area contributed by atoms with Gasteiger partial charge in [-0.15, -0.1) is 0 Å². The second-order valence-corrected chi connectivity index (χ2v) is 6.17. The van der Waals surface area contributed by atoms with Gasteiger partial charge in [0.1, 0.15) is 12.1 Å². The molecular formula is C15H25N3O. The molecule has 0 aromatic carbocycles. The lowest BCUT2D eigenvalue weighted by Gasteiger charge is -2.35. The quantitative estimate of drug-likeness (QED) is 0.902.